The van der Waals surface area contributed by atoms with Crippen LogP contribution >= 0.6 is 11.8 Å². The van der Waals surface area contributed by atoms with Crippen LogP contribution in [-0.4, -0.2) is 28.2 Å². The van der Waals surface area contributed by atoms with E-state index in [0.29, 0.717) is 22.6 Å². The molecule has 5 nitrogen and oxygen atoms in total. The molecule has 0 saturated carbocycles. The van der Waals surface area contributed by atoms with Crippen LogP contribution in [-0.2, 0) is 4.79 Å². The number of hydrogen-bond donors (Lipinski definition) is 2. The third kappa shape index (κ3) is 3.84. The number of benzene rings is 1. The second-order valence-corrected chi connectivity index (χ2v) is 5.34. The van der Waals surface area contributed by atoms with Crippen LogP contribution in [0.25, 0.3) is 10.9 Å². The molecule has 0 spiro atoms. The molecule has 2 N–H and O–H groups in total. The molecule has 6 heteroatoms. The lowest BCUT2D eigenvalue weighted by Crippen LogP contribution is -2.26. The highest BCUT2D eigenvalue weighted by molar-refractivity contribution is 7.99. The molecule has 1 aromatic heterocycles. The molecule has 0 unspecified atom stereocenters. The summed E-state index contributed by atoms with van der Waals surface area (Å²) in [6.45, 7) is 2.77. The van der Waals surface area contributed by atoms with E-state index in [-0.39, 0.29) is 17.2 Å². The van der Waals surface area contributed by atoms with Gasteiger partial charge in [0.15, 0.2) is 5.16 Å². The van der Waals surface area contributed by atoms with Crippen molar-refractivity contribution < 1.29 is 4.79 Å². The lowest BCUT2D eigenvalue weighted by Gasteiger charge is -2.04. The molecule has 0 aliphatic rings. The van der Waals surface area contributed by atoms with Gasteiger partial charge in [0.1, 0.15) is 0 Å². The quantitative estimate of drug-likeness (QED) is 0.484. The molecular weight excluding hydrogens is 274 g/mol. The number of hydrogen-bond acceptors (Lipinski definition) is 4. The number of aromatic amines is 1. The first-order valence-electron chi connectivity index (χ1n) is 6.59. The molecule has 0 atom stereocenters. The fourth-order valence-corrected chi connectivity index (χ4v) is 2.42. The Morgan fingerprint density at radius 3 is 3.00 bits per heavy atom. The van der Waals surface area contributed by atoms with E-state index in [4.69, 9.17) is 0 Å². The average Bonchev–Trinajstić information content (AvgIpc) is 2.45. The largest absolute Gasteiger partial charge is 0.355 e. The van der Waals surface area contributed by atoms with Crippen molar-refractivity contribution in [1.29, 1.82) is 0 Å². The number of carbonyl (C=O) groups excluding carboxylic acids is 1. The first-order valence-corrected chi connectivity index (χ1v) is 7.58. The fourth-order valence-electron chi connectivity index (χ4n) is 1.72. The number of amides is 1. The molecule has 1 aromatic carbocycles. The first-order chi connectivity index (χ1) is 9.70. The van der Waals surface area contributed by atoms with E-state index in [2.05, 4.69) is 22.2 Å². The fraction of sp³-hybridized carbons (Fsp3) is 0.357. The lowest BCUT2D eigenvalue weighted by atomic mass is 10.2. The summed E-state index contributed by atoms with van der Waals surface area (Å²) in [5.41, 5.74) is 0.467. The summed E-state index contributed by atoms with van der Waals surface area (Å²) in [5, 5.41) is 3.86. The number of aromatic nitrogens is 2. The minimum absolute atomic E-state index is 0.0424. The minimum Gasteiger partial charge on any atom is -0.355 e. The van der Waals surface area contributed by atoms with Crippen molar-refractivity contribution >= 4 is 28.6 Å². The van der Waals surface area contributed by atoms with Crippen LogP contribution in [0, 0.1) is 0 Å². The van der Waals surface area contributed by atoms with Gasteiger partial charge in [-0.05, 0) is 18.6 Å². The predicted molar refractivity (Wildman–Crippen MR) is 81.0 cm³/mol. The zero-order chi connectivity index (χ0) is 14.4. The summed E-state index contributed by atoms with van der Waals surface area (Å²) in [7, 11) is 0. The van der Waals surface area contributed by atoms with Crippen LogP contribution in [0.5, 0.6) is 0 Å². The van der Waals surface area contributed by atoms with Crippen LogP contribution < -0.4 is 10.9 Å². The van der Waals surface area contributed by atoms with Crippen molar-refractivity contribution in [2.75, 3.05) is 12.3 Å². The van der Waals surface area contributed by atoms with Crippen molar-refractivity contribution in [3.63, 3.8) is 0 Å². The molecule has 106 valence electrons. The molecule has 0 saturated heterocycles. The van der Waals surface area contributed by atoms with Crippen LogP contribution in [0.15, 0.2) is 34.2 Å². The Kier molecular flexibility index (Phi) is 5.17. The third-order valence-electron chi connectivity index (χ3n) is 2.78. The highest BCUT2D eigenvalue weighted by Gasteiger charge is 2.06. The number of unbranched alkanes of at least 4 members (excludes halogenated alkanes) is 1. The summed E-state index contributed by atoms with van der Waals surface area (Å²) in [6, 6.07) is 7.15. The van der Waals surface area contributed by atoms with Gasteiger partial charge in [0.2, 0.25) is 5.91 Å². The van der Waals surface area contributed by atoms with Gasteiger partial charge in [-0.3, -0.25) is 9.59 Å². The van der Waals surface area contributed by atoms with E-state index >= 15 is 0 Å². The molecule has 0 radical (unpaired) electrons. The highest BCUT2D eigenvalue weighted by atomic mass is 32.2. The number of nitrogens with one attached hydrogen (secondary N) is 2. The Morgan fingerprint density at radius 1 is 1.40 bits per heavy atom. The molecular formula is C14H17N3O2S. The van der Waals surface area contributed by atoms with E-state index < -0.39 is 0 Å². The molecule has 0 bridgehead atoms. The van der Waals surface area contributed by atoms with E-state index in [0.717, 1.165) is 12.8 Å². The van der Waals surface area contributed by atoms with E-state index in [1.807, 2.05) is 6.07 Å². The number of para-hydroxylation sites is 1. The Balaban J connectivity index is 2.00. The van der Waals surface area contributed by atoms with Gasteiger partial charge in [-0.25, -0.2) is 4.98 Å². The van der Waals surface area contributed by atoms with Gasteiger partial charge >= 0.3 is 0 Å². The van der Waals surface area contributed by atoms with Gasteiger partial charge < -0.3 is 10.3 Å². The Bertz CT molecular complexity index is 654. The summed E-state index contributed by atoms with van der Waals surface area (Å²) < 4.78 is 0. The summed E-state index contributed by atoms with van der Waals surface area (Å²) in [4.78, 5) is 30.5. The lowest BCUT2D eigenvalue weighted by molar-refractivity contribution is -0.118. The van der Waals surface area contributed by atoms with Gasteiger partial charge in [0, 0.05) is 6.54 Å². The van der Waals surface area contributed by atoms with Crippen LogP contribution in [0.1, 0.15) is 19.8 Å². The van der Waals surface area contributed by atoms with E-state index in [1.165, 1.54) is 11.8 Å². The number of H-pyrrole nitrogens is 1. The van der Waals surface area contributed by atoms with E-state index in [9.17, 15) is 9.59 Å². The highest BCUT2D eigenvalue weighted by Crippen LogP contribution is 2.14. The normalized spacial score (nSPS) is 10.7. The molecule has 20 heavy (non-hydrogen) atoms. The Labute approximate surface area is 121 Å². The zero-order valence-electron chi connectivity index (χ0n) is 11.3. The predicted octanol–water partition coefficient (Wildman–Crippen LogP) is 1.93. The SMILES string of the molecule is CCCCNC(=O)CSc1nc2ccccc2c(=O)[nH]1. The topological polar surface area (TPSA) is 74.8 Å². The molecule has 2 rings (SSSR count). The van der Waals surface area contributed by atoms with Crippen molar-refractivity contribution in [3.8, 4) is 0 Å². The van der Waals surface area contributed by atoms with Crippen LogP contribution in [0.4, 0.5) is 0 Å². The molecule has 1 amide bonds. The standard InChI is InChI=1S/C14H17N3O2S/c1-2-3-8-15-12(18)9-20-14-16-11-7-5-4-6-10(11)13(19)17-14/h4-7H,2-3,8-9H2,1H3,(H,15,18)(H,16,17,19). The molecule has 1 heterocycles. The number of thioether (sulfide) groups is 1. The van der Waals surface area contributed by atoms with Gasteiger partial charge in [0.25, 0.3) is 5.56 Å². The Morgan fingerprint density at radius 2 is 2.20 bits per heavy atom. The smallest absolute Gasteiger partial charge is 0.259 e. The number of fused-ring (bicyclic) bond motifs is 1. The van der Waals surface area contributed by atoms with Crippen molar-refractivity contribution in [1.82, 2.24) is 15.3 Å². The molecule has 0 fully saturated rings. The first kappa shape index (κ1) is 14.6. The summed E-state index contributed by atoms with van der Waals surface area (Å²) in [5.74, 6) is 0.213. The maximum atomic E-state index is 11.8. The van der Waals surface area contributed by atoms with Crippen molar-refractivity contribution in [3.05, 3.63) is 34.6 Å². The van der Waals surface area contributed by atoms with Crippen molar-refractivity contribution in [2.45, 2.75) is 24.9 Å². The molecule has 0 aliphatic carbocycles. The van der Waals surface area contributed by atoms with Gasteiger partial charge in [0.05, 0.1) is 16.7 Å². The van der Waals surface area contributed by atoms with Crippen molar-refractivity contribution in [2.24, 2.45) is 0 Å². The minimum atomic E-state index is -0.176. The average molecular weight is 291 g/mol. The van der Waals surface area contributed by atoms with Gasteiger partial charge in [-0.1, -0.05) is 37.2 Å². The van der Waals surface area contributed by atoms with Gasteiger partial charge in [-0.2, -0.15) is 0 Å². The third-order valence-corrected chi connectivity index (χ3v) is 3.66. The molecule has 2 aromatic rings. The van der Waals surface area contributed by atoms with Crippen LogP contribution in [0.2, 0.25) is 0 Å². The van der Waals surface area contributed by atoms with Gasteiger partial charge in [-0.15, -0.1) is 0 Å². The second kappa shape index (κ2) is 7.09. The monoisotopic (exact) mass is 291 g/mol. The summed E-state index contributed by atoms with van der Waals surface area (Å²) >= 11 is 1.24. The van der Waals surface area contributed by atoms with E-state index in [1.54, 1.807) is 18.2 Å². The zero-order valence-corrected chi connectivity index (χ0v) is 12.1. The second-order valence-electron chi connectivity index (χ2n) is 4.38. The number of rotatable bonds is 6. The maximum Gasteiger partial charge on any atom is 0.259 e. The maximum absolute atomic E-state index is 11.8. The summed E-state index contributed by atoms with van der Waals surface area (Å²) in [6.07, 6.45) is 2.02. The molecule has 0 aliphatic heterocycles. The number of carbonyl (C=O) groups is 1. The van der Waals surface area contributed by atoms with Crippen LogP contribution in [0.3, 0.4) is 0 Å². The Hall–Kier alpha value is -1.82. The number of nitrogens with zero attached hydrogens (tertiary/aromatic N) is 1.